The molecule has 2 rings (SSSR count). The fourth-order valence-corrected chi connectivity index (χ4v) is 1.97. The molecule has 1 atom stereocenters. The van der Waals surface area contributed by atoms with E-state index in [0.29, 0.717) is 32.7 Å². The maximum Gasteiger partial charge on any atom is 0.227 e. The van der Waals surface area contributed by atoms with Crippen LogP contribution in [0.15, 0.2) is 30.3 Å². The van der Waals surface area contributed by atoms with Gasteiger partial charge in [-0.2, -0.15) is 0 Å². The third kappa shape index (κ3) is 3.98. The standard InChI is InChI=1S/C13H18N2O2.ClH/c14-9-12-10-15(6-7-17-12)13(16)8-11-4-2-1-3-5-11;/h1-5,12H,6-10,14H2;1H. The minimum Gasteiger partial charge on any atom is -0.373 e. The summed E-state index contributed by atoms with van der Waals surface area (Å²) in [4.78, 5) is 13.9. The van der Waals surface area contributed by atoms with Crippen molar-refractivity contribution in [2.45, 2.75) is 12.5 Å². The van der Waals surface area contributed by atoms with Crippen molar-refractivity contribution in [1.82, 2.24) is 4.90 Å². The van der Waals surface area contributed by atoms with Gasteiger partial charge in [0.1, 0.15) is 0 Å². The largest absolute Gasteiger partial charge is 0.373 e. The van der Waals surface area contributed by atoms with Gasteiger partial charge in [0.25, 0.3) is 0 Å². The van der Waals surface area contributed by atoms with Gasteiger partial charge in [0.05, 0.1) is 19.1 Å². The van der Waals surface area contributed by atoms with Crippen LogP contribution in [0.5, 0.6) is 0 Å². The van der Waals surface area contributed by atoms with Gasteiger partial charge in [-0.1, -0.05) is 30.3 Å². The number of nitrogens with zero attached hydrogens (tertiary/aromatic N) is 1. The Labute approximate surface area is 114 Å². The number of carbonyl (C=O) groups excluding carboxylic acids is 1. The lowest BCUT2D eigenvalue weighted by atomic mass is 10.1. The maximum absolute atomic E-state index is 12.1. The molecule has 1 aliphatic heterocycles. The number of benzene rings is 1. The number of carbonyl (C=O) groups is 1. The summed E-state index contributed by atoms with van der Waals surface area (Å²) in [6, 6.07) is 9.79. The van der Waals surface area contributed by atoms with E-state index in [1.807, 2.05) is 35.2 Å². The van der Waals surface area contributed by atoms with Crippen LogP contribution in [0.3, 0.4) is 0 Å². The zero-order valence-electron chi connectivity index (χ0n) is 10.2. The number of morpholine rings is 1. The normalized spacial score (nSPS) is 19.2. The van der Waals surface area contributed by atoms with Crippen molar-refractivity contribution in [3.05, 3.63) is 35.9 Å². The molecule has 0 aromatic heterocycles. The van der Waals surface area contributed by atoms with Gasteiger partial charge >= 0.3 is 0 Å². The molecule has 2 N–H and O–H groups in total. The molecule has 1 aliphatic rings. The highest BCUT2D eigenvalue weighted by molar-refractivity contribution is 5.85. The van der Waals surface area contributed by atoms with Crippen molar-refractivity contribution in [2.24, 2.45) is 5.73 Å². The van der Waals surface area contributed by atoms with Crippen LogP contribution in [0, 0.1) is 0 Å². The van der Waals surface area contributed by atoms with Crippen molar-refractivity contribution in [1.29, 1.82) is 0 Å². The molecule has 18 heavy (non-hydrogen) atoms. The summed E-state index contributed by atoms with van der Waals surface area (Å²) >= 11 is 0. The highest BCUT2D eigenvalue weighted by Crippen LogP contribution is 2.08. The zero-order chi connectivity index (χ0) is 12.1. The van der Waals surface area contributed by atoms with Crippen LogP contribution in [0.4, 0.5) is 0 Å². The highest BCUT2D eigenvalue weighted by atomic mass is 35.5. The van der Waals surface area contributed by atoms with Gasteiger partial charge in [-0.25, -0.2) is 0 Å². The second-order valence-electron chi connectivity index (χ2n) is 4.23. The summed E-state index contributed by atoms with van der Waals surface area (Å²) in [6.07, 6.45) is 0.446. The van der Waals surface area contributed by atoms with E-state index < -0.39 is 0 Å². The van der Waals surface area contributed by atoms with E-state index in [-0.39, 0.29) is 24.4 Å². The quantitative estimate of drug-likeness (QED) is 0.885. The molecule has 0 spiro atoms. The summed E-state index contributed by atoms with van der Waals surface area (Å²) < 4.78 is 5.44. The molecular weight excluding hydrogens is 252 g/mol. The van der Waals surface area contributed by atoms with E-state index in [2.05, 4.69) is 0 Å². The molecule has 1 saturated heterocycles. The minimum absolute atomic E-state index is 0. The second-order valence-corrected chi connectivity index (χ2v) is 4.23. The van der Waals surface area contributed by atoms with Gasteiger partial charge in [0, 0.05) is 19.6 Å². The number of hydrogen-bond acceptors (Lipinski definition) is 3. The molecule has 1 amide bonds. The molecule has 0 radical (unpaired) electrons. The van der Waals surface area contributed by atoms with E-state index in [1.165, 1.54) is 0 Å². The van der Waals surface area contributed by atoms with Crippen LogP contribution in [0.25, 0.3) is 0 Å². The second kappa shape index (κ2) is 7.36. The highest BCUT2D eigenvalue weighted by Gasteiger charge is 2.22. The molecule has 1 aromatic carbocycles. The summed E-state index contributed by atoms with van der Waals surface area (Å²) in [7, 11) is 0. The fourth-order valence-electron chi connectivity index (χ4n) is 1.97. The van der Waals surface area contributed by atoms with Crippen molar-refractivity contribution >= 4 is 18.3 Å². The Kier molecular flexibility index (Phi) is 6.12. The van der Waals surface area contributed by atoms with Gasteiger partial charge in [0.15, 0.2) is 0 Å². The smallest absolute Gasteiger partial charge is 0.227 e. The van der Waals surface area contributed by atoms with Crippen LogP contribution in [0.1, 0.15) is 5.56 Å². The minimum atomic E-state index is -0.0107. The first-order valence-electron chi connectivity index (χ1n) is 5.93. The van der Waals surface area contributed by atoms with E-state index in [0.717, 1.165) is 5.56 Å². The Morgan fingerprint density at radius 1 is 1.39 bits per heavy atom. The predicted octanol–water partition coefficient (Wildman–Crippen LogP) is 0.837. The lowest BCUT2D eigenvalue weighted by molar-refractivity contribution is -0.137. The fraction of sp³-hybridized carbons (Fsp3) is 0.462. The molecule has 1 heterocycles. The van der Waals surface area contributed by atoms with Crippen LogP contribution < -0.4 is 5.73 Å². The molecule has 1 fully saturated rings. The average molecular weight is 271 g/mol. The maximum atomic E-state index is 12.1. The van der Waals surface area contributed by atoms with Gasteiger partial charge in [-0.3, -0.25) is 4.79 Å². The molecule has 5 heteroatoms. The summed E-state index contributed by atoms with van der Waals surface area (Å²) in [5.41, 5.74) is 6.60. The first-order chi connectivity index (χ1) is 8.29. The number of ether oxygens (including phenoxy) is 1. The average Bonchev–Trinajstić information content (AvgIpc) is 2.40. The monoisotopic (exact) mass is 270 g/mol. The van der Waals surface area contributed by atoms with Gasteiger partial charge in [-0.05, 0) is 5.56 Å². The van der Waals surface area contributed by atoms with Crippen LogP contribution in [-0.4, -0.2) is 43.2 Å². The van der Waals surface area contributed by atoms with Crippen molar-refractivity contribution in [2.75, 3.05) is 26.2 Å². The van der Waals surface area contributed by atoms with Crippen LogP contribution >= 0.6 is 12.4 Å². The lowest BCUT2D eigenvalue weighted by Crippen LogP contribution is -2.48. The lowest BCUT2D eigenvalue weighted by Gasteiger charge is -2.32. The Balaban J connectivity index is 0.00000162. The van der Waals surface area contributed by atoms with E-state index in [9.17, 15) is 4.79 Å². The number of nitrogens with two attached hydrogens (primary N) is 1. The number of halogens is 1. The topological polar surface area (TPSA) is 55.6 Å². The molecule has 100 valence electrons. The number of hydrogen-bond donors (Lipinski definition) is 1. The van der Waals surface area contributed by atoms with E-state index in [1.54, 1.807) is 0 Å². The SMILES string of the molecule is Cl.NCC1CN(C(=O)Cc2ccccc2)CCO1. The molecule has 0 aliphatic carbocycles. The summed E-state index contributed by atoms with van der Waals surface area (Å²) in [5.74, 6) is 0.151. The first kappa shape index (κ1) is 15.0. The van der Waals surface area contributed by atoms with Crippen LogP contribution in [0.2, 0.25) is 0 Å². The summed E-state index contributed by atoms with van der Waals surface area (Å²) in [5, 5.41) is 0. The third-order valence-corrected chi connectivity index (χ3v) is 2.95. The van der Waals surface area contributed by atoms with Gasteiger partial charge in [-0.15, -0.1) is 12.4 Å². The predicted molar refractivity (Wildman–Crippen MR) is 72.8 cm³/mol. The summed E-state index contributed by atoms with van der Waals surface area (Å²) in [6.45, 7) is 2.34. The van der Waals surface area contributed by atoms with Crippen molar-refractivity contribution < 1.29 is 9.53 Å². The van der Waals surface area contributed by atoms with Gasteiger partial charge in [0.2, 0.25) is 5.91 Å². The van der Waals surface area contributed by atoms with Crippen molar-refractivity contribution in [3.63, 3.8) is 0 Å². The zero-order valence-corrected chi connectivity index (χ0v) is 11.1. The Hall–Kier alpha value is -1.10. The Morgan fingerprint density at radius 3 is 2.78 bits per heavy atom. The van der Waals surface area contributed by atoms with Gasteiger partial charge < -0.3 is 15.4 Å². The molecule has 1 aromatic rings. The number of rotatable bonds is 3. The Morgan fingerprint density at radius 2 is 2.11 bits per heavy atom. The molecule has 1 unspecified atom stereocenters. The Bertz CT molecular complexity index is 373. The molecule has 4 nitrogen and oxygen atoms in total. The van der Waals surface area contributed by atoms with E-state index in [4.69, 9.17) is 10.5 Å². The van der Waals surface area contributed by atoms with E-state index >= 15 is 0 Å². The third-order valence-electron chi connectivity index (χ3n) is 2.95. The molecule has 0 bridgehead atoms. The first-order valence-corrected chi connectivity index (χ1v) is 5.93. The molecular formula is C13H19ClN2O2. The molecule has 0 saturated carbocycles. The number of amides is 1. The van der Waals surface area contributed by atoms with Crippen LogP contribution in [-0.2, 0) is 16.0 Å². The van der Waals surface area contributed by atoms with Crippen molar-refractivity contribution in [3.8, 4) is 0 Å².